The zero-order valence-corrected chi connectivity index (χ0v) is 12.8. The van der Waals surface area contributed by atoms with E-state index in [0.29, 0.717) is 19.5 Å². The lowest BCUT2D eigenvalue weighted by Crippen LogP contribution is -2.42. The molecule has 4 atom stereocenters. The average Bonchev–Trinajstić information content (AvgIpc) is 3.18. The Kier molecular flexibility index (Phi) is 4.36. The number of carbonyl (C=O) groups is 3. The molecule has 3 aliphatic rings. The van der Waals surface area contributed by atoms with E-state index in [1.165, 1.54) is 0 Å². The van der Waals surface area contributed by atoms with Gasteiger partial charge in [0.15, 0.2) is 0 Å². The van der Waals surface area contributed by atoms with Crippen molar-refractivity contribution in [1.82, 2.24) is 10.2 Å². The summed E-state index contributed by atoms with van der Waals surface area (Å²) in [6.45, 7) is 2.02. The molecular weight excluding hydrogens is 284 g/mol. The number of carboxylic acid groups (broad SMARTS) is 1. The second-order valence-electron chi connectivity index (χ2n) is 6.85. The molecule has 3 fully saturated rings. The molecule has 0 aromatic carbocycles. The number of rotatable bonds is 6. The van der Waals surface area contributed by atoms with Crippen LogP contribution in [0.2, 0.25) is 0 Å². The van der Waals surface area contributed by atoms with Gasteiger partial charge in [-0.2, -0.15) is 0 Å². The first kappa shape index (κ1) is 15.3. The number of amides is 2. The SMILES string of the molecule is O=C(O)[C@H]1[C@H]2CC[C@H](C2)[C@@H]1C(=O)NCCCN1CCCC1=O. The van der Waals surface area contributed by atoms with E-state index < -0.39 is 11.9 Å². The predicted molar refractivity (Wildman–Crippen MR) is 78.9 cm³/mol. The van der Waals surface area contributed by atoms with Crippen molar-refractivity contribution in [2.24, 2.45) is 23.7 Å². The molecule has 2 amide bonds. The molecule has 1 aliphatic heterocycles. The Hall–Kier alpha value is -1.59. The number of hydrogen-bond donors (Lipinski definition) is 2. The summed E-state index contributed by atoms with van der Waals surface area (Å²) in [5, 5.41) is 12.3. The number of nitrogens with one attached hydrogen (secondary N) is 1. The molecule has 2 saturated carbocycles. The number of aliphatic carboxylic acids is 1. The van der Waals surface area contributed by atoms with Gasteiger partial charge in [-0.25, -0.2) is 0 Å². The highest BCUT2D eigenvalue weighted by Crippen LogP contribution is 2.52. The summed E-state index contributed by atoms with van der Waals surface area (Å²) in [7, 11) is 0. The minimum absolute atomic E-state index is 0.104. The molecule has 3 rings (SSSR count). The van der Waals surface area contributed by atoms with Crippen LogP contribution in [-0.4, -0.2) is 47.4 Å². The molecule has 22 heavy (non-hydrogen) atoms. The van der Waals surface area contributed by atoms with Crippen molar-refractivity contribution in [2.75, 3.05) is 19.6 Å². The Labute approximate surface area is 130 Å². The predicted octanol–water partition coefficient (Wildman–Crippen LogP) is 0.862. The molecule has 2 bridgehead atoms. The van der Waals surface area contributed by atoms with Gasteiger partial charge >= 0.3 is 5.97 Å². The lowest BCUT2D eigenvalue weighted by molar-refractivity contribution is -0.149. The van der Waals surface area contributed by atoms with Crippen LogP contribution >= 0.6 is 0 Å². The summed E-state index contributed by atoms with van der Waals surface area (Å²) in [5.74, 6) is -1.16. The Morgan fingerprint density at radius 1 is 1.23 bits per heavy atom. The molecule has 0 aromatic heterocycles. The van der Waals surface area contributed by atoms with Crippen molar-refractivity contribution >= 4 is 17.8 Å². The summed E-state index contributed by atoms with van der Waals surface area (Å²) >= 11 is 0. The molecule has 0 unspecified atom stereocenters. The first-order valence-corrected chi connectivity index (χ1v) is 8.36. The minimum Gasteiger partial charge on any atom is -0.481 e. The van der Waals surface area contributed by atoms with Crippen molar-refractivity contribution in [3.05, 3.63) is 0 Å². The van der Waals surface area contributed by atoms with E-state index in [9.17, 15) is 19.5 Å². The van der Waals surface area contributed by atoms with E-state index >= 15 is 0 Å². The zero-order chi connectivity index (χ0) is 15.7. The first-order chi connectivity index (χ1) is 10.6. The second kappa shape index (κ2) is 6.26. The minimum atomic E-state index is -0.824. The van der Waals surface area contributed by atoms with Crippen LogP contribution in [0.1, 0.15) is 38.5 Å². The number of fused-ring (bicyclic) bond motifs is 2. The maximum Gasteiger partial charge on any atom is 0.307 e. The molecule has 0 aromatic rings. The maximum absolute atomic E-state index is 12.4. The quantitative estimate of drug-likeness (QED) is 0.713. The van der Waals surface area contributed by atoms with Crippen LogP contribution in [0.3, 0.4) is 0 Å². The number of likely N-dealkylation sites (tertiary alicyclic amines) is 1. The topological polar surface area (TPSA) is 86.7 Å². The maximum atomic E-state index is 12.4. The first-order valence-electron chi connectivity index (χ1n) is 8.36. The second-order valence-corrected chi connectivity index (χ2v) is 6.85. The highest BCUT2D eigenvalue weighted by Gasteiger charge is 2.53. The van der Waals surface area contributed by atoms with Gasteiger partial charge in [0.25, 0.3) is 0 Å². The highest BCUT2D eigenvalue weighted by atomic mass is 16.4. The lowest BCUT2D eigenvalue weighted by atomic mass is 9.78. The monoisotopic (exact) mass is 308 g/mol. The number of carboxylic acids is 1. The zero-order valence-electron chi connectivity index (χ0n) is 12.8. The molecule has 0 radical (unpaired) electrons. The fourth-order valence-corrected chi connectivity index (χ4v) is 4.56. The molecule has 2 N–H and O–H groups in total. The van der Waals surface area contributed by atoms with Crippen molar-refractivity contribution in [3.63, 3.8) is 0 Å². The van der Waals surface area contributed by atoms with Crippen LogP contribution in [0.5, 0.6) is 0 Å². The molecule has 1 heterocycles. The van der Waals surface area contributed by atoms with Crippen LogP contribution in [0.4, 0.5) is 0 Å². The number of hydrogen-bond acceptors (Lipinski definition) is 3. The fraction of sp³-hybridized carbons (Fsp3) is 0.812. The third-order valence-corrected chi connectivity index (χ3v) is 5.58. The molecule has 1 saturated heterocycles. The Balaban J connectivity index is 1.45. The van der Waals surface area contributed by atoms with Crippen LogP contribution in [0.25, 0.3) is 0 Å². The van der Waals surface area contributed by atoms with Gasteiger partial charge in [-0.05, 0) is 43.9 Å². The van der Waals surface area contributed by atoms with E-state index in [-0.39, 0.29) is 29.6 Å². The highest BCUT2D eigenvalue weighted by molar-refractivity contribution is 5.86. The number of nitrogens with zero attached hydrogens (tertiary/aromatic N) is 1. The largest absolute Gasteiger partial charge is 0.481 e. The van der Waals surface area contributed by atoms with Gasteiger partial charge in [0.05, 0.1) is 11.8 Å². The van der Waals surface area contributed by atoms with Gasteiger partial charge in [-0.15, -0.1) is 0 Å². The molecule has 6 nitrogen and oxygen atoms in total. The van der Waals surface area contributed by atoms with Crippen molar-refractivity contribution in [2.45, 2.75) is 38.5 Å². The summed E-state index contributed by atoms with van der Waals surface area (Å²) in [4.78, 5) is 37.1. The summed E-state index contributed by atoms with van der Waals surface area (Å²) in [6.07, 6.45) is 5.11. The third kappa shape index (κ3) is 2.83. The normalized spacial score (nSPS) is 33.5. The van der Waals surface area contributed by atoms with Gasteiger partial charge in [-0.1, -0.05) is 0 Å². The van der Waals surface area contributed by atoms with E-state index in [4.69, 9.17) is 0 Å². The van der Waals surface area contributed by atoms with Crippen LogP contribution in [-0.2, 0) is 14.4 Å². The van der Waals surface area contributed by atoms with E-state index in [1.54, 1.807) is 0 Å². The smallest absolute Gasteiger partial charge is 0.307 e. The van der Waals surface area contributed by atoms with Crippen LogP contribution in [0.15, 0.2) is 0 Å². The summed E-state index contributed by atoms with van der Waals surface area (Å²) < 4.78 is 0. The Morgan fingerprint density at radius 2 is 1.95 bits per heavy atom. The molecule has 6 heteroatoms. The van der Waals surface area contributed by atoms with E-state index in [0.717, 1.165) is 38.6 Å². The lowest BCUT2D eigenvalue weighted by Gasteiger charge is -2.27. The average molecular weight is 308 g/mol. The van der Waals surface area contributed by atoms with Gasteiger partial charge in [-0.3, -0.25) is 14.4 Å². The Morgan fingerprint density at radius 3 is 2.59 bits per heavy atom. The van der Waals surface area contributed by atoms with E-state index in [2.05, 4.69) is 5.32 Å². The van der Waals surface area contributed by atoms with Gasteiger partial charge < -0.3 is 15.3 Å². The van der Waals surface area contributed by atoms with Crippen molar-refractivity contribution in [1.29, 1.82) is 0 Å². The standard InChI is InChI=1S/C16H24N2O4/c19-12-3-1-7-18(12)8-2-6-17-15(20)13-10-4-5-11(9-10)14(13)16(21)22/h10-11,13-14H,1-9H2,(H,17,20)(H,21,22)/t10-,11+,13+,14+/m1/s1. The summed E-state index contributed by atoms with van der Waals surface area (Å²) in [5.41, 5.74) is 0. The Bertz CT molecular complexity index is 479. The molecule has 122 valence electrons. The third-order valence-electron chi connectivity index (χ3n) is 5.58. The van der Waals surface area contributed by atoms with Crippen molar-refractivity contribution < 1.29 is 19.5 Å². The molecule has 2 aliphatic carbocycles. The van der Waals surface area contributed by atoms with Gasteiger partial charge in [0.2, 0.25) is 11.8 Å². The van der Waals surface area contributed by atoms with Crippen LogP contribution in [0, 0.1) is 23.7 Å². The van der Waals surface area contributed by atoms with E-state index in [1.807, 2.05) is 4.90 Å². The molecular formula is C16H24N2O4. The van der Waals surface area contributed by atoms with Crippen LogP contribution < -0.4 is 5.32 Å². The molecule has 0 spiro atoms. The van der Waals surface area contributed by atoms with Gasteiger partial charge in [0.1, 0.15) is 0 Å². The van der Waals surface area contributed by atoms with Gasteiger partial charge in [0, 0.05) is 26.1 Å². The number of carbonyl (C=O) groups excluding carboxylic acids is 2. The van der Waals surface area contributed by atoms with Crippen molar-refractivity contribution in [3.8, 4) is 0 Å². The summed E-state index contributed by atoms with van der Waals surface area (Å²) in [6, 6.07) is 0. The fourth-order valence-electron chi connectivity index (χ4n) is 4.56.